The number of hydrogen-bond acceptors (Lipinski definition) is 7. The summed E-state index contributed by atoms with van der Waals surface area (Å²) >= 11 is 0. The summed E-state index contributed by atoms with van der Waals surface area (Å²) in [6, 6.07) is 6.32. The molecular formula is C21H24FN7O. The molecule has 1 aliphatic carbocycles. The summed E-state index contributed by atoms with van der Waals surface area (Å²) in [5.74, 6) is -1.22. The molecule has 1 aliphatic rings. The number of nitrogens with two attached hydrogens (primary N) is 2. The van der Waals surface area contributed by atoms with Crippen LogP contribution in [0.5, 0.6) is 0 Å². The number of rotatable bonds is 5. The quantitative estimate of drug-likeness (QED) is 0.509. The van der Waals surface area contributed by atoms with Gasteiger partial charge in [0.15, 0.2) is 11.6 Å². The standard InChI is InChI=1S/C21H24FN7O/c1-11-10-25-18-8-12(6-7-17(18)26-11)27-20-13(19(24)30)9-14(22)21(29-20)28-16-5-3-2-4-15(16)23/h6-10,15-16H,2-5,23H2,1H3,(H2,24,30)(H2,27,28,29)/t15-,16+/m0/s1. The predicted octanol–water partition coefficient (Wildman–Crippen LogP) is 3.00. The number of carbonyl (C=O) groups is 1. The lowest BCUT2D eigenvalue weighted by Crippen LogP contribution is -2.43. The molecule has 0 saturated heterocycles. The number of amides is 1. The van der Waals surface area contributed by atoms with Gasteiger partial charge in [-0.1, -0.05) is 12.8 Å². The Labute approximate surface area is 173 Å². The Hall–Kier alpha value is -3.33. The SMILES string of the molecule is Cc1cnc2cc(Nc3nc(N[C@@H]4CCCC[C@@H]4N)c(F)cc3C(N)=O)ccc2n1. The minimum absolute atomic E-state index is 0.0407. The van der Waals surface area contributed by atoms with E-state index in [4.69, 9.17) is 11.5 Å². The maximum absolute atomic E-state index is 14.6. The van der Waals surface area contributed by atoms with Crippen molar-refractivity contribution in [1.29, 1.82) is 0 Å². The van der Waals surface area contributed by atoms with E-state index in [1.165, 1.54) is 0 Å². The Morgan fingerprint density at radius 1 is 1.13 bits per heavy atom. The van der Waals surface area contributed by atoms with E-state index in [2.05, 4.69) is 25.6 Å². The molecule has 3 aromatic rings. The molecule has 2 atom stereocenters. The van der Waals surface area contributed by atoms with E-state index in [0.717, 1.165) is 43.0 Å². The summed E-state index contributed by atoms with van der Waals surface area (Å²) in [6.07, 6.45) is 5.47. The molecule has 2 heterocycles. The predicted molar refractivity (Wildman–Crippen MR) is 114 cm³/mol. The van der Waals surface area contributed by atoms with Crippen molar-refractivity contribution in [3.63, 3.8) is 0 Å². The number of aryl methyl sites for hydroxylation is 1. The van der Waals surface area contributed by atoms with E-state index in [1.54, 1.807) is 18.3 Å². The molecular weight excluding hydrogens is 385 g/mol. The first-order chi connectivity index (χ1) is 14.4. The second-order valence-corrected chi connectivity index (χ2v) is 7.62. The van der Waals surface area contributed by atoms with Gasteiger partial charge in [0.05, 0.1) is 22.3 Å². The van der Waals surface area contributed by atoms with Crippen LogP contribution in [0.4, 0.5) is 21.7 Å². The number of halogens is 1. The summed E-state index contributed by atoms with van der Waals surface area (Å²) < 4.78 is 14.6. The van der Waals surface area contributed by atoms with E-state index >= 15 is 0 Å². The minimum Gasteiger partial charge on any atom is -0.365 e. The van der Waals surface area contributed by atoms with Crippen LogP contribution in [0.2, 0.25) is 0 Å². The Morgan fingerprint density at radius 2 is 1.93 bits per heavy atom. The van der Waals surface area contributed by atoms with Gasteiger partial charge in [-0.2, -0.15) is 0 Å². The van der Waals surface area contributed by atoms with Crippen molar-refractivity contribution >= 4 is 34.3 Å². The third kappa shape index (κ3) is 4.16. The van der Waals surface area contributed by atoms with Crippen LogP contribution in [0.3, 0.4) is 0 Å². The van der Waals surface area contributed by atoms with Crippen molar-refractivity contribution in [1.82, 2.24) is 15.0 Å². The lowest BCUT2D eigenvalue weighted by Gasteiger charge is -2.30. The molecule has 1 aromatic carbocycles. The Balaban J connectivity index is 1.67. The van der Waals surface area contributed by atoms with Crippen LogP contribution >= 0.6 is 0 Å². The number of nitrogens with one attached hydrogen (secondary N) is 2. The zero-order valence-electron chi connectivity index (χ0n) is 16.7. The lowest BCUT2D eigenvalue weighted by molar-refractivity contribution is 0.100. The molecule has 4 rings (SSSR count). The topological polar surface area (TPSA) is 132 Å². The van der Waals surface area contributed by atoms with Crippen molar-refractivity contribution in [2.45, 2.75) is 44.7 Å². The molecule has 6 N–H and O–H groups in total. The van der Waals surface area contributed by atoms with Gasteiger partial charge in [-0.25, -0.2) is 14.4 Å². The maximum atomic E-state index is 14.6. The van der Waals surface area contributed by atoms with Crippen LogP contribution in [0.1, 0.15) is 41.7 Å². The van der Waals surface area contributed by atoms with Gasteiger partial charge in [-0.15, -0.1) is 0 Å². The van der Waals surface area contributed by atoms with Crippen LogP contribution in [0.25, 0.3) is 11.0 Å². The van der Waals surface area contributed by atoms with E-state index in [-0.39, 0.29) is 29.3 Å². The third-order valence-corrected chi connectivity index (χ3v) is 5.31. The van der Waals surface area contributed by atoms with Crippen molar-refractivity contribution in [3.05, 3.63) is 47.5 Å². The van der Waals surface area contributed by atoms with Gasteiger partial charge in [0, 0.05) is 24.0 Å². The number of anilines is 3. The molecule has 2 aromatic heterocycles. The molecule has 156 valence electrons. The number of carbonyl (C=O) groups excluding carboxylic acids is 1. The third-order valence-electron chi connectivity index (χ3n) is 5.31. The van der Waals surface area contributed by atoms with Crippen molar-refractivity contribution in [3.8, 4) is 0 Å². The zero-order chi connectivity index (χ0) is 21.3. The fourth-order valence-corrected chi connectivity index (χ4v) is 3.71. The molecule has 9 heteroatoms. The number of primary amides is 1. The largest absolute Gasteiger partial charge is 0.365 e. The first kappa shape index (κ1) is 20.0. The number of hydrogen-bond donors (Lipinski definition) is 4. The highest BCUT2D eigenvalue weighted by Gasteiger charge is 2.24. The first-order valence-electron chi connectivity index (χ1n) is 9.93. The molecule has 1 amide bonds. The lowest BCUT2D eigenvalue weighted by atomic mass is 9.91. The average molecular weight is 409 g/mol. The fourth-order valence-electron chi connectivity index (χ4n) is 3.71. The number of fused-ring (bicyclic) bond motifs is 1. The Morgan fingerprint density at radius 3 is 2.70 bits per heavy atom. The molecule has 8 nitrogen and oxygen atoms in total. The first-order valence-corrected chi connectivity index (χ1v) is 9.93. The number of pyridine rings is 1. The molecule has 1 fully saturated rings. The second kappa shape index (κ2) is 8.19. The van der Waals surface area contributed by atoms with E-state index in [9.17, 15) is 9.18 Å². The molecule has 0 radical (unpaired) electrons. The van der Waals surface area contributed by atoms with Crippen LogP contribution in [-0.2, 0) is 0 Å². The Kier molecular flexibility index (Phi) is 5.45. The molecule has 0 bridgehead atoms. The summed E-state index contributed by atoms with van der Waals surface area (Å²) in [4.78, 5) is 25.0. The summed E-state index contributed by atoms with van der Waals surface area (Å²) in [5.41, 5.74) is 14.4. The van der Waals surface area contributed by atoms with Gasteiger partial charge in [-0.3, -0.25) is 9.78 Å². The van der Waals surface area contributed by atoms with Gasteiger partial charge in [-0.05, 0) is 44.0 Å². The van der Waals surface area contributed by atoms with Crippen LogP contribution in [-0.4, -0.2) is 32.9 Å². The number of aromatic nitrogens is 3. The van der Waals surface area contributed by atoms with Gasteiger partial charge in [0.1, 0.15) is 5.82 Å². The summed E-state index contributed by atoms with van der Waals surface area (Å²) in [7, 11) is 0. The maximum Gasteiger partial charge on any atom is 0.252 e. The van der Waals surface area contributed by atoms with E-state index < -0.39 is 11.7 Å². The molecule has 0 unspecified atom stereocenters. The van der Waals surface area contributed by atoms with Gasteiger partial charge >= 0.3 is 0 Å². The molecule has 0 spiro atoms. The van der Waals surface area contributed by atoms with Gasteiger partial charge < -0.3 is 22.1 Å². The number of nitrogens with zero attached hydrogens (tertiary/aromatic N) is 3. The molecule has 30 heavy (non-hydrogen) atoms. The summed E-state index contributed by atoms with van der Waals surface area (Å²) in [6.45, 7) is 1.87. The smallest absolute Gasteiger partial charge is 0.252 e. The molecule has 1 saturated carbocycles. The zero-order valence-corrected chi connectivity index (χ0v) is 16.7. The highest BCUT2D eigenvalue weighted by atomic mass is 19.1. The summed E-state index contributed by atoms with van der Waals surface area (Å²) in [5, 5.41) is 6.16. The molecule has 0 aliphatic heterocycles. The highest BCUT2D eigenvalue weighted by molar-refractivity contribution is 5.98. The van der Waals surface area contributed by atoms with Crippen molar-refractivity contribution < 1.29 is 9.18 Å². The van der Waals surface area contributed by atoms with Gasteiger partial charge in [0.25, 0.3) is 5.91 Å². The average Bonchev–Trinajstić information content (AvgIpc) is 2.71. The van der Waals surface area contributed by atoms with Crippen LogP contribution in [0.15, 0.2) is 30.5 Å². The van der Waals surface area contributed by atoms with Crippen molar-refractivity contribution in [2.24, 2.45) is 11.5 Å². The van der Waals surface area contributed by atoms with Crippen LogP contribution < -0.4 is 22.1 Å². The monoisotopic (exact) mass is 409 g/mol. The fraction of sp³-hybridized carbons (Fsp3) is 0.333. The highest BCUT2D eigenvalue weighted by Crippen LogP contribution is 2.27. The number of benzene rings is 1. The van der Waals surface area contributed by atoms with E-state index in [0.29, 0.717) is 11.2 Å². The van der Waals surface area contributed by atoms with E-state index in [1.807, 2.05) is 13.0 Å². The second-order valence-electron chi connectivity index (χ2n) is 7.62. The van der Waals surface area contributed by atoms with Gasteiger partial charge in [0.2, 0.25) is 0 Å². The Bertz CT molecular complexity index is 1100. The van der Waals surface area contributed by atoms with Crippen LogP contribution in [0, 0.1) is 12.7 Å². The van der Waals surface area contributed by atoms with Crippen molar-refractivity contribution in [2.75, 3.05) is 10.6 Å². The normalized spacial score (nSPS) is 18.9. The minimum atomic E-state index is -0.777.